The highest BCUT2D eigenvalue weighted by molar-refractivity contribution is 5.09. The molecule has 1 aliphatic heterocycles. The fourth-order valence-electron chi connectivity index (χ4n) is 2.67. The van der Waals surface area contributed by atoms with Crippen LogP contribution in [-0.4, -0.2) is 35.6 Å². The highest BCUT2D eigenvalue weighted by Gasteiger charge is 2.21. The van der Waals surface area contributed by atoms with E-state index in [0.29, 0.717) is 6.04 Å². The molecule has 1 atom stereocenters. The fourth-order valence-corrected chi connectivity index (χ4v) is 2.67. The van der Waals surface area contributed by atoms with Crippen molar-refractivity contribution in [3.63, 3.8) is 0 Å². The first-order valence-corrected chi connectivity index (χ1v) is 7.24. The van der Waals surface area contributed by atoms with Crippen LogP contribution in [0.25, 0.3) is 0 Å². The van der Waals surface area contributed by atoms with Gasteiger partial charge in [-0.05, 0) is 50.0 Å². The molecule has 1 aromatic rings. The molecule has 1 aromatic heterocycles. The van der Waals surface area contributed by atoms with Crippen molar-refractivity contribution < 1.29 is 0 Å². The van der Waals surface area contributed by atoms with Crippen LogP contribution in [0.1, 0.15) is 38.2 Å². The van der Waals surface area contributed by atoms with E-state index in [4.69, 9.17) is 0 Å². The molecule has 0 amide bonds. The second-order valence-electron chi connectivity index (χ2n) is 5.18. The van der Waals surface area contributed by atoms with Crippen LogP contribution in [0.4, 0.5) is 0 Å². The summed E-state index contributed by atoms with van der Waals surface area (Å²) in [5.41, 5.74) is 1.38. The van der Waals surface area contributed by atoms with E-state index >= 15 is 0 Å². The summed E-state index contributed by atoms with van der Waals surface area (Å²) in [4.78, 5) is 6.71. The van der Waals surface area contributed by atoms with Crippen LogP contribution in [0, 0.1) is 0 Å². The number of nitrogens with zero attached hydrogens (tertiary/aromatic N) is 2. The van der Waals surface area contributed by atoms with E-state index in [9.17, 15) is 0 Å². The predicted octanol–water partition coefficient (Wildman–Crippen LogP) is 2.44. The number of pyridine rings is 1. The Balaban J connectivity index is 1.87. The molecule has 0 radical (unpaired) electrons. The zero-order valence-electron chi connectivity index (χ0n) is 11.4. The van der Waals surface area contributed by atoms with Gasteiger partial charge in [0.2, 0.25) is 0 Å². The Morgan fingerprint density at radius 3 is 2.94 bits per heavy atom. The Morgan fingerprint density at radius 1 is 1.33 bits per heavy atom. The number of likely N-dealkylation sites (tertiary alicyclic amines) is 1. The maximum atomic E-state index is 4.09. The quantitative estimate of drug-likeness (QED) is 0.783. The summed E-state index contributed by atoms with van der Waals surface area (Å²) in [6, 6.07) is 4.97. The van der Waals surface area contributed by atoms with Crippen molar-refractivity contribution >= 4 is 0 Å². The van der Waals surface area contributed by atoms with Crippen molar-refractivity contribution in [2.45, 2.75) is 45.2 Å². The highest BCUT2D eigenvalue weighted by atomic mass is 15.2. The Bertz CT molecular complexity index is 326. The lowest BCUT2D eigenvalue weighted by atomic mass is 10.0. The third-order valence-electron chi connectivity index (χ3n) is 3.69. The van der Waals surface area contributed by atoms with Crippen LogP contribution < -0.4 is 5.32 Å². The highest BCUT2D eigenvalue weighted by Crippen LogP contribution is 2.18. The van der Waals surface area contributed by atoms with Crippen molar-refractivity contribution in [3.8, 4) is 0 Å². The van der Waals surface area contributed by atoms with Crippen LogP contribution in [0.3, 0.4) is 0 Å². The molecule has 0 aromatic carbocycles. The third-order valence-corrected chi connectivity index (χ3v) is 3.69. The Kier molecular flexibility index (Phi) is 5.62. The fraction of sp³-hybridized carbons (Fsp3) is 0.667. The first-order chi connectivity index (χ1) is 8.90. The minimum atomic E-state index is 0.707. The Labute approximate surface area is 111 Å². The Morgan fingerprint density at radius 2 is 2.17 bits per heavy atom. The van der Waals surface area contributed by atoms with E-state index in [0.717, 1.165) is 19.6 Å². The molecule has 3 nitrogen and oxygen atoms in total. The molecule has 2 rings (SSSR count). The van der Waals surface area contributed by atoms with Gasteiger partial charge in [0.1, 0.15) is 0 Å². The lowest BCUT2D eigenvalue weighted by Crippen LogP contribution is -2.45. The zero-order valence-corrected chi connectivity index (χ0v) is 11.4. The number of aromatic nitrogens is 1. The predicted molar refractivity (Wildman–Crippen MR) is 75.4 cm³/mol. The smallest absolute Gasteiger partial charge is 0.0271 e. The average molecular weight is 247 g/mol. The van der Waals surface area contributed by atoms with Gasteiger partial charge in [-0.3, -0.25) is 9.88 Å². The van der Waals surface area contributed by atoms with E-state index in [2.05, 4.69) is 34.3 Å². The average Bonchev–Trinajstić information content (AvgIpc) is 2.42. The van der Waals surface area contributed by atoms with Gasteiger partial charge in [-0.25, -0.2) is 0 Å². The van der Waals surface area contributed by atoms with Crippen LogP contribution in [0.15, 0.2) is 24.5 Å². The van der Waals surface area contributed by atoms with Crippen LogP contribution in [0.2, 0.25) is 0 Å². The minimum absolute atomic E-state index is 0.707. The summed E-state index contributed by atoms with van der Waals surface area (Å²) in [5.74, 6) is 0. The third kappa shape index (κ3) is 4.07. The first-order valence-electron chi connectivity index (χ1n) is 7.24. The molecular formula is C15H25N3. The van der Waals surface area contributed by atoms with E-state index in [-0.39, 0.29) is 0 Å². The molecule has 0 saturated carbocycles. The molecule has 18 heavy (non-hydrogen) atoms. The van der Waals surface area contributed by atoms with Gasteiger partial charge >= 0.3 is 0 Å². The number of nitrogens with one attached hydrogen (secondary N) is 1. The van der Waals surface area contributed by atoms with E-state index in [1.54, 1.807) is 0 Å². The monoisotopic (exact) mass is 247 g/mol. The van der Waals surface area contributed by atoms with Gasteiger partial charge in [-0.15, -0.1) is 0 Å². The summed E-state index contributed by atoms with van der Waals surface area (Å²) in [6.07, 6.45) is 9.06. The van der Waals surface area contributed by atoms with Crippen LogP contribution in [0.5, 0.6) is 0 Å². The molecule has 1 fully saturated rings. The number of rotatable bonds is 6. The maximum Gasteiger partial charge on any atom is 0.0271 e. The van der Waals surface area contributed by atoms with E-state index < -0.39 is 0 Å². The van der Waals surface area contributed by atoms with Crippen molar-refractivity contribution in [2.75, 3.05) is 19.6 Å². The maximum absolute atomic E-state index is 4.09. The zero-order chi connectivity index (χ0) is 12.6. The summed E-state index contributed by atoms with van der Waals surface area (Å²) < 4.78 is 0. The van der Waals surface area contributed by atoms with E-state index in [1.165, 1.54) is 37.8 Å². The largest absolute Gasteiger partial charge is 0.315 e. The van der Waals surface area contributed by atoms with Crippen molar-refractivity contribution in [1.82, 2.24) is 15.2 Å². The topological polar surface area (TPSA) is 28.2 Å². The molecule has 1 N–H and O–H groups in total. The van der Waals surface area contributed by atoms with Gasteiger partial charge in [0.15, 0.2) is 0 Å². The normalized spacial score (nSPS) is 21.1. The molecule has 1 saturated heterocycles. The lowest BCUT2D eigenvalue weighted by Gasteiger charge is -2.36. The van der Waals surface area contributed by atoms with Crippen molar-refractivity contribution in [3.05, 3.63) is 30.1 Å². The van der Waals surface area contributed by atoms with Gasteiger partial charge in [0, 0.05) is 31.5 Å². The molecule has 100 valence electrons. The second kappa shape index (κ2) is 7.49. The van der Waals surface area contributed by atoms with Gasteiger partial charge in [-0.2, -0.15) is 0 Å². The SMILES string of the molecule is CCCNCC1CCCCN1Cc1ccncc1. The molecule has 1 unspecified atom stereocenters. The molecule has 0 spiro atoms. The van der Waals surface area contributed by atoms with Crippen LogP contribution in [-0.2, 0) is 6.54 Å². The van der Waals surface area contributed by atoms with Gasteiger partial charge < -0.3 is 5.32 Å². The lowest BCUT2D eigenvalue weighted by molar-refractivity contribution is 0.137. The van der Waals surface area contributed by atoms with Gasteiger partial charge in [0.25, 0.3) is 0 Å². The van der Waals surface area contributed by atoms with E-state index in [1.807, 2.05) is 12.4 Å². The summed E-state index contributed by atoms with van der Waals surface area (Å²) in [6.45, 7) is 6.81. The summed E-state index contributed by atoms with van der Waals surface area (Å²) >= 11 is 0. The molecule has 0 aliphatic carbocycles. The first kappa shape index (κ1) is 13.5. The molecule has 0 bridgehead atoms. The summed E-state index contributed by atoms with van der Waals surface area (Å²) in [5, 5.41) is 3.57. The second-order valence-corrected chi connectivity index (χ2v) is 5.18. The van der Waals surface area contributed by atoms with Gasteiger partial charge in [-0.1, -0.05) is 13.3 Å². The summed E-state index contributed by atoms with van der Waals surface area (Å²) in [7, 11) is 0. The van der Waals surface area contributed by atoms with Crippen molar-refractivity contribution in [1.29, 1.82) is 0 Å². The van der Waals surface area contributed by atoms with Crippen LogP contribution >= 0.6 is 0 Å². The standard InChI is InChI=1S/C15H25N3/c1-2-8-17-12-15-5-3-4-11-18(15)13-14-6-9-16-10-7-14/h6-7,9-10,15,17H,2-5,8,11-13H2,1H3. The number of hydrogen-bond acceptors (Lipinski definition) is 3. The Hall–Kier alpha value is -0.930. The molecule has 2 heterocycles. The van der Waals surface area contributed by atoms with Crippen molar-refractivity contribution in [2.24, 2.45) is 0 Å². The molecule has 3 heteroatoms. The molecule has 1 aliphatic rings. The number of hydrogen-bond donors (Lipinski definition) is 1. The minimum Gasteiger partial charge on any atom is -0.315 e. The molecular weight excluding hydrogens is 222 g/mol. The number of piperidine rings is 1. The van der Waals surface area contributed by atoms with Gasteiger partial charge in [0.05, 0.1) is 0 Å².